The third-order valence-corrected chi connectivity index (χ3v) is 4.29. The summed E-state index contributed by atoms with van der Waals surface area (Å²) in [6.07, 6.45) is 6.30. The number of allylic oxidation sites excluding steroid dienone is 1. The molecule has 0 bridgehead atoms. The highest BCUT2D eigenvalue weighted by atomic mass is 16.4. The minimum Gasteiger partial charge on any atom is -0.478 e. The highest BCUT2D eigenvalue weighted by molar-refractivity contribution is 5.88. The Morgan fingerprint density at radius 3 is 2.40 bits per heavy atom. The van der Waals surface area contributed by atoms with Crippen molar-refractivity contribution in [3.63, 3.8) is 0 Å². The van der Waals surface area contributed by atoms with Gasteiger partial charge in [-0.3, -0.25) is 4.79 Å². The number of nitrogens with one attached hydrogen (secondary N) is 1. The van der Waals surface area contributed by atoms with Gasteiger partial charge in [-0.1, -0.05) is 44.2 Å². The summed E-state index contributed by atoms with van der Waals surface area (Å²) in [5.74, 6) is -0.984. The minimum atomic E-state index is -0.984. The Hall–Kier alpha value is -2.88. The van der Waals surface area contributed by atoms with Gasteiger partial charge in [0, 0.05) is 18.3 Å². The van der Waals surface area contributed by atoms with Crippen LogP contribution in [-0.4, -0.2) is 24.4 Å². The summed E-state index contributed by atoms with van der Waals surface area (Å²) >= 11 is 0. The maximum atomic E-state index is 10.3. The second-order valence-corrected chi connectivity index (χ2v) is 6.59. The van der Waals surface area contributed by atoms with E-state index in [1.807, 2.05) is 7.05 Å². The lowest BCUT2D eigenvalue weighted by Crippen LogP contribution is -2.19. The number of carboxylic acids is 1. The number of carboxylic acid groups (broad SMARTS) is 1. The van der Waals surface area contributed by atoms with Crippen molar-refractivity contribution in [1.82, 2.24) is 0 Å². The van der Waals surface area contributed by atoms with Crippen molar-refractivity contribution in [3.8, 4) is 0 Å². The average molecular weight is 337 g/mol. The molecule has 3 rings (SSSR count). The molecule has 0 atom stereocenters. The average Bonchev–Trinajstić information content (AvgIpc) is 2.61. The number of anilines is 1. The van der Waals surface area contributed by atoms with E-state index in [1.54, 1.807) is 0 Å². The van der Waals surface area contributed by atoms with Crippen LogP contribution in [0.1, 0.15) is 52.1 Å². The summed E-state index contributed by atoms with van der Waals surface area (Å²) in [6.45, 7) is 4.60. The summed E-state index contributed by atoms with van der Waals surface area (Å²) < 4.78 is 0. The van der Waals surface area contributed by atoms with Crippen molar-refractivity contribution in [1.29, 1.82) is 0 Å². The van der Waals surface area contributed by atoms with Gasteiger partial charge in [-0.2, -0.15) is 0 Å². The Balaban J connectivity index is 0.000000186. The van der Waals surface area contributed by atoms with Crippen LogP contribution in [0.2, 0.25) is 0 Å². The largest absolute Gasteiger partial charge is 0.478 e. The van der Waals surface area contributed by atoms with E-state index < -0.39 is 5.97 Å². The lowest BCUT2D eigenvalue weighted by atomic mass is 9.76. The van der Waals surface area contributed by atoms with Gasteiger partial charge in [0.1, 0.15) is 6.29 Å². The molecular formula is C21H23NO3. The van der Waals surface area contributed by atoms with Crippen molar-refractivity contribution in [2.24, 2.45) is 0 Å². The van der Waals surface area contributed by atoms with Gasteiger partial charge in [0.15, 0.2) is 0 Å². The lowest BCUT2D eigenvalue weighted by Gasteiger charge is -2.29. The first kappa shape index (κ1) is 18.5. The molecule has 4 heteroatoms. The molecule has 2 aromatic carbocycles. The molecule has 0 fully saturated rings. The molecule has 0 amide bonds. The molecule has 25 heavy (non-hydrogen) atoms. The highest BCUT2D eigenvalue weighted by Gasteiger charge is 2.24. The van der Waals surface area contributed by atoms with E-state index in [0.717, 1.165) is 6.42 Å². The topological polar surface area (TPSA) is 66.4 Å². The van der Waals surface area contributed by atoms with Crippen LogP contribution in [0.25, 0.3) is 6.08 Å². The van der Waals surface area contributed by atoms with Crippen LogP contribution in [0.15, 0.2) is 48.5 Å². The van der Waals surface area contributed by atoms with Crippen LogP contribution < -0.4 is 5.32 Å². The summed E-state index contributed by atoms with van der Waals surface area (Å²) in [7, 11) is 1.96. The predicted octanol–water partition coefficient (Wildman–Crippen LogP) is 4.62. The van der Waals surface area contributed by atoms with Crippen LogP contribution in [0, 0.1) is 0 Å². The van der Waals surface area contributed by atoms with E-state index >= 15 is 0 Å². The SMILES string of the molecule is CNc1ccc2c(c1)C=CCC2(C)C.O=Cc1ccc(C(=O)O)cc1. The van der Waals surface area contributed by atoms with Crippen LogP contribution >= 0.6 is 0 Å². The molecule has 0 spiro atoms. The van der Waals surface area contributed by atoms with Gasteiger partial charge in [-0.15, -0.1) is 0 Å². The van der Waals surface area contributed by atoms with E-state index in [2.05, 4.69) is 49.5 Å². The van der Waals surface area contributed by atoms with E-state index in [0.29, 0.717) is 11.8 Å². The zero-order chi connectivity index (χ0) is 18.4. The van der Waals surface area contributed by atoms with E-state index in [-0.39, 0.29) is 11.0 Å². The maximum Gasteiger partial charge on any atom is 0.335 e. The van der Waals surface area contributed by atoms with E-state index in [4.69, 9.17) is 5.11 Å². The molecule has 0 radical (unpaired) electrons. The molecule has 0 saturated heterocycles. The Morgan fingerprint density at radius 2 is 1.84 bits per heavy atom. The number of fused-ring (bicyclic) bond motifs is 1. The molecular weight excluding hydrogens is 314 g/mol. The maximum absolute atomic E-state index is 10.3. The number of benzene rings is 2. The lowest BCUT2D eigenvalue weighted by molar-refractivity contribution is 0.0696. The van der Waals surface area contributed by atoms with Gasteiger partial charge in [-0.05, 0) is 47.2 Å². The number of aldehydes is 1. The zero-order valence-corrected chi connectivity index (χ0v) is 14.7. The highest BCUT2D eigenvalue weighted by Crippen LogP contribution is 2.35. The molecule has 0 aromatic heterocycles. The van der Waals surface area contributed by atoms with Crippen LogP contribution in [-0.2, 0) is 5.41 Å². The minimum absolute atomic E-state index is 0.190. The van der Waals surface area contributed by atoms with Crippen molar-refractivity contribution >= 4 is 24.0 Å². The van der Waals surface area contributed by atoms with Crippen LogP contribution in [0.3, 0.4) is 0 Å². The fraction of sp³-hybridized carbons (Fsp3) is 0.238. The van der Waals surface area contributed by atoms with E-state index in [1.165, 1.54) is 41.1 Å². The summed E-state index contributed by atoms with van der Waals surface area (Å²) in [6, 6.07) is 12.3. The second kappa shape index (κ2) is 7.79. The van der Waals surface area contributed by atoms with Crippen molar-refractivity contribution in [2.75, 3.05) is 12.4 Å². The predicted molar refractivity (Wildman–Crippen MR) is 101 cm³/mol. The zero-order valence-electron chi connectivity index (χ0n) is 14.7. The van der Waals surface area contributed by atoms with Gasteiger partial charge >= 0.3 is 5.97 Å². The standard InChI is InChI=1S/C13H17N.C8H6O3/c1-13(2)8-4-5-10-9-11(14-3)6-7-12(10)13;9-5-6-1-3-7(4-2-6)8(10)11/h4-7,9,14H,8H2,1-3H3;1-5H,(H,10,11). The van der Waals surface area contributed by atoms with Crippen LogP contribution in [0.5, 0.6) is 0 Å². The fourth-order valence-corrected chi connectivity index (χ4v) is 2.77. The molecule has 0 unspecified atom stereocenters. The quantitative estimate of drug-likeness (QED) is 0.802. The molecule has 1 aliphatic carbocycles. The van der Waals surface area contributed by atoms with Gasteiger partial charge in [0.25, 0.3) is 0 Å². The Labute approximate surface area is 148 Å². The van der Waals surface area contributed by atoms with Gasteiger partial charge < -0.3 is 10.4 Å². The molecule has 0 saturated carbocycles. The third-order valence-electron chi connectivity index (χ3n) is 4.29. The molecule has 130 valence electrons. The number of hydrogen-bond donors (Lipinski definition) is 2. The second-order valence-electron chi connectivity index (χ2n) is 6.59. The Bertz CT molecular complexity index is 789. The number of hydrogen-bond acceptors (Lipinski definition) is 3. The summed E-state index contributed by atoms with van der Waals surface area (Å²) in [5, 5.41) is 11.6. The molecule has 0 aliphatic heterocycles. The molecule has 2 N–H and O–H groups in total. The fourth-order valence-electron chi connectivity index (χ4n) is 2.77. The normalized spacial score (nSPS) is 13.9. The van der Waals surface area contributed by atoms with Crippen molar-refractivity contribution < 1.29 is 14.7 Å². The number of rotatable bonds is 3. The summed E-state index contributed by atoms with van der Waals surface area (Å²) in [5.41, 5.74) is 4.96. The van der Waals surface area contributed by atoms with Crippen LogP contribution in [0.4, 0.5) is 5.69 Å². The first-order chi connectivity index (χ1) is 11.9. The van der Waals surface area contributed by atoms with E-state index in [9.17, 15) is 9.59 Å². The molecule has 4 nitrogen and oxygen atoms in total. The summed E-state index contributed by atoms with van der Waals surface area (Å²) in [4.78, 5) is 20.5. The van der Waals surface area contributed by atoms with Gasteiger partial charge in [0.05, 0.1) is 5.56 Å². The number of carbonyl (C=O) groups is 2. The Kier molecular flexibility index (Phi) is 5.75. The van der Waals surface area contributed by atoms with Crippen molar-refractivity contribution in [2.45, 2.75) is 25.7 Å². The first-order valence-corrected chi connectivity index (χ1v) is 8.15. The van der Waals surface area contributed by atoms with Gasteiger partial charge in [0.2, 0.25) is 0 Å². The van der Waals surface area contributed by atoms with Gasteiger partial charge in [-0.25, -0.2) is 4.79 Å². The Morgan fingerprint density at radius 1 is 1.16 bits per heavy atom. The molecule has 2 aromatic rings. The monoisotopic (exact) mass is 337 g/mol. The first-order valence-electron chi connectivity index (χ1n) is 8.15. The third kappa shape index (κ3) is 4.57. The smallest absolute Gasteiger partial charge is 0.335 e. The number of aromatic carboxylic acids is 1. The number of carbonyl (C=O) groups excluding carboxylic acids is 1. The molecule has 1 aliphatic rings. The molecule has 0 heterocycles. The van der Waals surface area contributed by atoms with Crippen molar-refractivity contribution in [3.05, 3.63) is 70.8 Å².